The van der Waals surface area contributed by atoms with Crippen LogP contribution in [-0.2, 0) is 28.4 Å². The Morgan fingerprint density at radius 3 is 1.33 bits per heavy atom. The maximum absolute atomic E-state index is 6.54. The summed E-state index contributed by atoms with van der Waals surface area (Å²) in [4.78, 5) is 0. The highest BCUT2D eigenvalue weighted by Crippen LogP contribution is 2.17. The number of ether oxygens (including phenoxy) is 8. The molecule has 2 aromatic rings. The minimum atomic E-state index is -0.684. The molecule has 4 atom stereocenters. The Morgan fingerprint density at radius 1 is 0.583 bits per heavy atom. The van der Waals surface area contributed by atoms with E-state index >= 15 is 0 Å². The largest absolute Gasteiger partial charge is 0.492 e. The van der Waals surface area contributed by atoms with Crippen molar-refractivity contribution in [1.82, 2.24) is 0 Å². The molecule has 0 heterocycles. The summed E-state index contributed by atoms with van der Waals surface area (Å²) in [7, 11) is 3.20. The minimum absolute atomic E-state index is 0.0241. The van der Waals surface area contributed by atoms with Crippen LogP contribution in [0, 0.1) is 0 Å². The molecule has 0 amide bonds. The molecule has 0 radical (unpaired) electrons. The monoisotopic (exact) mass is 508 g/mol. The van der Waals surface area contributed by atoms with Crippen LogP contribution in [0.15, 0.2) is 60.7 Å². The number of nitrogens with two attached hydrogens (primary N) is 2. The first-order valence-electron chi connectivity index (χ1n) is 11.9. The molecule has 10 heteroatoms. The van der Waals surface area contributed by atoms with Gasteiger partial charge in [0.25, 0.3) is 0 Å². The van der Waals surface area contributed by atoms with E-state index in [9.17, 15) is 0 Å². The molecule has 0 aliphatic heterocycles. The Morgan fingerprint density at radius 2 is 0.972 bits per heavy atom. The molecule has 2 aromatic carbocycles. The van der Waals surface area contributed by atoms with Gasteiger partial charge in [0, 0.05) is 14.2 Å². The third kappa shape index (κ3) is 12.1. The van der Waals surface area contributed by atoms with Crippen molar-refractivity contribution in [3.8, 4) is 11.5 Å². The highest BCUT2D eigenvalue weighted by molar-refractivity contribution is 5.21. The van der Waals surface area contributed by atoms with Crippen LogP contribution in [0.5, 0.6) is 11.5 Å². The van der Waals surface area contributed by atoms with Gasteiger partial charge in [-0.2, -0.15) is 0 Å². The lowest BCUT2D eigenvalue weighted by Gasteiger charge is -2.34. The zero-order valence-electron chi connectivity index (χ0n) is 21.2. The zero-order valence-corrected chi connectivity index (χ0v) is 21.2. The van der Waals surface area contributed by atoms with Crippen molar-refractivity contribution in [3.05, 3.63) is 60.7 Å². The number of para-hydroxylation sites is 2. The molecule has 0 aliphatic rings. The van der Waals surface area contributed by atoms with Gasteiger partial charge in [-0.15, -0.1) is 0 Å². The van der Waals surface area contributed by atoms with E-state index in [-0.39, 0.29) is 26.8 Å². The molecule has 0 saturated heterocycles. The Labute approximate surface area is 213 Å². The molecule has 0 unspecified atom stereocenters. The highest BCUT2D eigenvalue weighted by Gasteiger charge is 2.35. The smallest absolute Gasteiger partial charge is 0.147 e. The summed E-state index contributed by atoms with van der Waals surface area (Å²) < 4.78 is 44.9. The lowest BCUT2D eigenvalue weighted by molar-refractivity contribution is -0.184. The zero-order chi connectivity index (χ0) is 25.8. The molecule has 0 aromatic heterocycles. The molecule has 10 nitrogen and oxygen atoms in total. The topological polar surface area (TPSA) is 126 Å². The van der Waals surface area contributed by atoms with Crippen molar-refractivity contribution in [3.63, 3.8) is 0 Å². The third-order valence-corrected chi connectivity index (χ3v) is 5.09. The molecule has 0 fully saturated rings. The van der Waals surface area contributed by atoms with Gasteiger partial charge in [0.2, 0.25) is 0 Å². The molecule has 0 aliphatic carbocycles. The van der Waals surface area contributed by atoms with Crippen LogP contribution in [0.1, 0.15) is 0 Å². The van der Waals surface area contributed by atoms with Crippen molar-refractivity contribution in [2.45, 2.75) is 24.3 Å². The summed E-state index contributed by atoms with van der Waals surface area (Å²) in [6.07, 6.45) is -1.37. The van der Waals surface area contributed by atoms with E-state index in [0.717, 1.165) is 0 Å². The number of hydrogen-bond acceptors (Lipinski definition) is 10. The van der Waals surface area contributed by atoms with Crippen molar-refractivity contribution in [2.75, 3.05) is 67.4 Å². The lowest BCUT2D eigenvalue weighted by Crippen LogP contribution is -2.57. The van der Waals surface area contributed by atoms with E-state index < -0.39 is 24.3 Å². The highest BCUT2D eigenvalue weighted by atomic mass is 16.7. The molecule has 4 N–H and O–H groups in total. The maximum atomic E-state index is 6.54. The van der Waals surface area contributed by atoms with Crippen LogP contribution in [-0.4, -0.2) is 91.7 Å². The van der Waals surface area contributed by atoms with E-state index in [1.54, 1.807) is 14.2 Å². The molecule has 0 spiro atoms. The summed E-state index contributed by atoms with van der Waals surface area (Å²) in [6.45, 7) is 1.91. The predicted octanol–water partition coefficient (Wildman–Crippen LogP) is 1.81. The second kappa shape index (κ2) is 18.9. The van der Waals surface area contributed by atoms with Crippen LogP contribution < -0.4 is 20.9 Å². The van der Waals surface area contributed by atoms with Crippen molar-refractivity contribution < 1.29 is 37.9 Å². The summed E-state index contributed by atoms with van der Waals surface area (Å²) in [6, 6.07) is 17.6. The first-order valence-corrected chi connectivity index (χ1v) is 11.9. The third-order valence-electron chi connectivity index (χ3n) is 5.09. The normalized spacial score (nSPS) is 14.7. The second-order valence-electron chi connectivity index (χ2n) is 7.88. The first-order chi connectivity index (χ1) is 17.7. The lowest BCUT2D eigenvalue weighted by atomic mass is 10.0. The predicted molar refractivity (Wildman–Crippen MR) is 135 cm³/mol. The minimum Gasteiger partial charge on any atom is -0.492 e. The second-order valence-corrected chi connectivity index (χ2v) is 7.88. The van der Waals surface area contributed by atoms with Gasteiger partial charge in [0.1, 0.15) is 50.5 Å². The van der Waals surface area contributed by atoms with Crippen LogP contribution in [0.25, 0.3) is 0 Å². The van der Waals surface area contributed by atoms with Crippen molar-refractivity contribution in [1.29, 1.82) is 0 Å². The van der Waals surface area contributed by atoms with Gasteiger partial charge in [-0.3, -0.25) is 0 Å². The summed E-state index contributed by atoms with van der Waals surface area (Å²) in [5, 5.41) is 0. The molecule has 0 saturated carbocycles. The molecule has 202 valence electrons. The SMILES string of the molecule is COCCOCO[C@@H]([C@H](OCOCCOC)[C@@H](N)COc1ccccc1)[C@@H](N)COc1ccccc1. The fourth-order valence-corrected chi connectivity index (χ4v) is 3.19. The fraction of sp³-hybridized carbons (Fsp3) is 0.538. The first kappa shape index (κ1) is 29.9. The van der Waals surface area contributed by atoms with E-state index in [4.69, 9.17) is 49.4 Å². The van der Waals surface area contributed by atoms with Gasteiger partial charge in [0.05, 0.1) is 38.5 Å². The average Bonchev–Trinajstić information content (AvgIpc) is 2.92. The van der Waals surface area contributed by atoms with Crippen molar-refractivity contribution >= 4 is 0 Å². The van der Waals surface area contributed by atoms with Gasteiger partial charge in [0.15, 0.2) is 0 Å². The summed E-state index contributed by atoms with van der Waals surface area (Å²) in [5.74, 6) is 1.39. The molecule has 0 bridgehead atoms. The number of benzene rings is 2. The number of rotatable bonds is 21. The summed E-state index contributed by atoms with van der Waals surface area (Å²) >= 11 is 0. The maximum Gasteiger partial charge on any atom is 0.147 e. The van der Waals surface area contributed by atoms with Crippen LogP contribution >= 0.6 is 0 Å². The van der Waals surface area contributed by atoms with Gasteiger partial charge in [-0.05, 0) is 24.3 Å². The molecular formula is C26H40N2O8. The molecule has 2 rings (SSSR count). The van der Waals surface area contributed by atoms with Crippen molar-refractivity contribution in [2.24, 2.45) is 11.5 Å². The Kier molecular flexibility index (Phi) is 15.7. The quantitative estimate of drug-likeness (QED) is 0.190. The number of hydrogen-bond donors (Lipinski definition) is 2. The Hall–Kier alpha value is -2.28. The Balaban J connectivity index is 2.08. The molecule has 36 heavy (non-hydrogen) atoms. The van der Waals surface area contributed by atoms with E-state index in [2.05, 4.69) is 0 Å². The standard InChI is InChI=1S/C26H40N2O8/c1-29-13-15-31-19-35-25(23(27)17-33-21-9-5-3-6-10-21)26(36-20-32-16-14-30-2)24(28)18-34-22-11-7-4-8-12-22/h3-12,23-26H,13-20,27-28H2,1-2H3/t23-,24-,25+,26+/m0/s1. The fourth-order valence-electron chi connectivity index (χ4n) is 3.19. The number of methoxy groups -OCH3 is 2. The van der Waals surface area contributed by atoms with Gasteiger partial charge in [-0.1, -0.05) is 36.4 Å². The van der Waals surface area contributed by atoms with Gasteiger partial charge >= 0.3 is 0 Å². The van der Waals surface area contributed by atoms with Gasteiger partial charge in [-0.25, -0.2) is 0 Å². The van der Waals surface area contributed by atoms with Crippen LogP contribution in [0.4, 0.5) is 0 Å². The van der Waals surface area contributed by atoms with E-state index in [1.165, 1.54) is 0 Å². The average molecular weight is 509 g/mol. The van der Waals surface area contributed by atoms with Gasteiger partial charge < -0.3 is 49.4 Å². The van der Waals surface area contributed by atoms with E-state index in [0.29, 0.717) is 37.9 Å². The van der Waals surface area contributed by atoms with E-state index in [1.807, 2.05) is 60.7 Å². The van der Waals surface area contributed by atoms with Crippen LogP contribution in [0.3, 0.4) is 0 Å². The van der Waals surface area contributed by atoms with Crippen LogP contribution in [0.2, 0.25) is 0 Å². The molecular weight excluding hydrogens is 468 g/mol. The summed E-state index contributed by atoms with van der Waals surface area (Å²) in [5.41, 5.74) is 13.1. The Bertz CT molecular complexity index is 706.